The van der Waals surface area contributed by atoms with E-state index < -0.39 is 54.6 Å². The summed E-state index contributed by atoms with van der Waals surface area (Å²) in [7, 11) is 0. The lowest BCUT2D eigenvalue weighted by Crippen LogP contribution is -2.46. The van der Waals surface area contributed by atoms with Crippen LogP contribution in [-0.2, 0) is 38.1 Å². The number of carbonyl (C=O) groups is 3. The summed E-state index contributed by atoms with van der Waals surface area (Å²) >= 11 is 0. The molecule has 208 valence electrons. The van der Waals surface area contributed by atoms with Gasteiger partial charge in [-0.3, -0.25) is 19.0 Å². The molecule has 0 aromatic carbocycles. The zero-order valence-corrected chi connectivity index (χ0v) is 22.0. The first-order chi connectivity index (χ1) is 18.1. The Morgan fingerprint density at radius 1 is 1.11 bits per heavy atom. The van der Waals surface area contributed by atoms with Crippen LogP contribution in [-0.4, -0.2) is 87.1 Å². The monoisotopic (exact) mass is 534 g/mol. The Hall–Kier alpha value is -3.36. The Balaban J connectivity index is 1.67. The molecule has 2 saturated heterocycles. The lowest BCUT2D eigenvalue weighted by atomic mass is 10.0. The van der Waals surface area contributed by atoms with Crippen molar-refractivity contribution in [1.82, 2.24) is 19.5 Å². The number of fused-ring (bicyclic) bond motifs is 1. The first kappa shape index (κ1) is 27.7. The van der Waals surface area contributed by atoms with E-state index in [-0.39, 0.29) is 12.0 Å². The highest BCUT2D eigenvalue weighted by atomic mass is 16.7. The van der Waals surface area contributed by atoms with Gasteiger partial charge in [0.15, 0.2) is 35.4 Å². The van der Waals surface area contributed by atoms with Gasteiger partial charge >= 0.3 is 17.9 Å². The molecule has 0 bridgehead atoms. The standard InChI is InChI=1S/C24H34N6O8/c1-11(2)16(25)24(33)35-12(3)18-19(36-13(4)31)20(37-14(5)32)23(38-18)30-10-28-17-21(26-9-27-22(17)30)29-15-6-7-34-8-15/h9-12,15-16,18-20,23H,6-8,25H2,1-5H3,(H,26,27,29)/t12?,15-,16+,18-,19-,20-,23-/m1/s1. The van der Waals surface area contributed by atoms with Crippen LogP contribution in [0.1, 0.15) is 47.3 Å². The number of rotatable bonds is 9. The van der Waals surface area contributed by atoms with Gasteiger partial charge in [0, 0.05) is 20.5 Å². The van der Waals surface area contributed by atoms with Crippen LogP contribution in [0.5, 0.6) is 0 Å². The number of hydrogen-bond donors (Lipinski definition) is 2. The van der Waals surface area contributed by atoms with Crippen molar-refractivity contribution in [3.05, 3.63) is 12.7 Å². The molecule has 2 aromatic rings. The summed E-state index contributed by atoms with van der Waals surface area (Å²) in [5.41, 5.74) is 6.82. The van der Waals surface area contributed by atoms with E-state index in [1.54, 1.807) is 25.3 Å². The fourth-order valence-corrected chi connectivity index (χ4v) is 4.50. The average molecular weight is 535 g/mol. The predicted molar refractivity (Wildman–Crippen MR) is 132 cm³/mol. The normalized spacial score (nSPS) is 26.8. The summed E-state index contributed by atoms with van der Waals surface area (Å²) < 4.78 is 30.0. The molecule has 2 aromatic heterocycles. The molecule has 4 rings (SSSR count). The summed E-state index contributed by atoms with van der Waals surface area (Å²) in [5.74, 6) is -1.50. The minimum Gasteiger partial charge on any atom is -0.459 e. The van der Waals surface area contributed by atoms with Crippen molar-refractivity contribution in [2.75, 3.05) is 18.5 Å². The first-order valence-electron chi connectivity index (χ1n) is 12.5. The van der Waals surface area contributed by atoms with Crippen LogP contribution in [0.4, 0.5) is 5.82 Å². The quantitative estimate of drug-likeness (QED) is 0.339. The van der Waals surface area contributed by atoms with Crippen LogP contribution in [0.25, 0.3) is 11.2 Å². The zero-order chi connectivity index (χ0) is 27.6. The molecule has 2 aliphatic rings. The fraction of sp³-hybridized carbons (Fsp3) is 0.667. The van der Waals surface area contributed by atoms with Gasteiger partial charge in [-0.15, -0.1) is 0 Å². The van der Waals surface area contributed by atoms with E-state index in [0.717, 1.165) is 6.42 Å². The highest BCUT2D eigenvalue weighted by molar-refractivity contribution is 5.83. The summed E-state index contributed by atoms with van der Waals surface area (Å²) in [6, 6.07) is -0.767. The van der Waals surface area contributed by atoms with E-state index in [2.05, 4.69) is 20.3 Å². The number of esters is 3. The molecule has 0 spiro atoms. The predicted octanol–water partition coefficient (Wildman–Crippen LogP) is 0.703. The molecule has 0 amide bonds. The zero-order valence-electron chi connectivity index (χ0n) is 22.0. The minimum atomic E-state index is -1.09. The van der Waals surface area contributed by atoms with Crippen LogP contribution in [0.3, 0.4) is 0 Å². The minimum absolute atomic E-state index is 0.0836. The van der Waals surface area contributed by atoms with Crippen LogP contribution in [0, 0.1) is 5.92 Å². The second-order valence-corrected chi connectivity index (χ2v) is 9.80. The van der Waals surface area contributed by atoms with E-state index >= 15 is 0 Å². The van der Waals surface area contributed by atoms with Gasteiger partial charge in [0.2, 0.25) is 0 Å². The number of hydrogen-bond acceptors (Lipinski definition) is 13. The topological polar surface area (TPSA) is 179 Å². The van der Waals surface area contributed by atoms with E-state index in [4.69, 9.17) is 29.4 Å². The maximum atomic E-state index is 12.6. The van der Waals surface area contributed by atoms with E-state index in [1.807, 2.05) is 0 Å². The Kier molecular flexibility index (Phi) is 8.43. The smallest absolute Gasteiger partial charge is 0.323 e. The van der Waals surface area contributed by atoms with E-state index in [1.165, 1.54) is 26.5 Å². The number of nitrogens with two attached hydrogens (primary N) is 1. The third-order valence-corrected chi connectivity index (χ3v) is 6.49. The molecule has 1 unspecified atom stereocenters. The largest absolute Gasteiger partial charge is 0.459 e. The number of aromatic nitrogens is 4. The molecule has 38 heavy (non-hydrogen) atoms. The van der Waals surface area contributed by atoms with Gasteiger partial charge in [0.25, 0.3) is 0 Å². The number of ether oxygens (including phenoxy) is 5. The van der Waals surface area contributed by atoms with E-state index in [0.29, 0.717) is 30.2 Å². The molecule has 2 aliphatic heterocycles. The number of imidazole rings is 1. The summed E-state index contributed by atoms with van der Waals surface area (Å²) in [6.07, 6.45) is -1.37. The van der Waals surface area contributed by atoms with Gasteiger partial charge in [0.05, 0.1) is 19.0 Å². The summed E-state index contributed by atoms with van der Waals surface area (Å²) in [5, 5.41) is 3.32. The second kappa shape index (κ2) is 11.6. The van der Waals surface area contributed by atoms with Crippen molar-refractivity contribution in [3.8, 4) is 0 Å². The number of nitrogens with zero attached hydrogens (tertiary/aromatic N) is 4. The summed E-state index contributed by atoms with van der Waals surface area (Å²) in [6.45, 7) is 8.86. The molecule has 14 heteroatoms. The molecule has 7 atom stereocenters. The van der Waals surface area contributed by atoms with E-state index in [9.17, 15) is 14.4 Å². The molecule has 0 radical (unpaired) electrons. The number of anilines is 1. The molecule has 3 N–H and O–H groups in total. The van der Waals surface area contributed by atoms with Crippen molar-refractivity contribution in [2.24, 2.45) is 11.7 Å². The van der Waals surface area contributed by atoms with Gasteiger partial charge in [-0.05, 0) is 19.3 Å². The van der Waals surface area contributed by atoms with Crippen molar-refractivity contribution < 1.29 is 38.1 Å². The Labute approximate surface area is 219 Å². The summed E-state index contributed by atoms with van der Waals surface area (Å²) in [4.78, 5) is 49.8. The molecule has 14 nitrogen and oxygen atoms in total. The Morgan fingerprint density at radius 3 is 2.45 bits per heavy atom. The van der Waals surface area contributed by atoms with Gasteiger partial charge in [-0.2, -0.15) is 0 Å². The average Bonchev–Trinajstić information content (AvgIpc) is 3.58. The lowest BCUT2D eigenvalue weighted by molar-refractivity contribution is -0.170. The van der Waals surface area contributed by atoms with Crippen molar-refractivity contribution >= 4 is 34.9 Å². The third-order valence-electron chi connectivity index (χ3n) is 6.49. The Morgan fingerprint density at radius 2 is 1.82 bits per heavy atom. The van der Waals surface area contributed by atoms with Gasteiger partial charge in [0.1, 0.15) is 24.6 Å². The lowest BCUT2D eigenvalue weighted by Gasteiger charge is -2.27. The van der Waals surface area contributed by atoms with Crippen molar-refractivity contribution in [3.63, 3.8) is 0 Å². The maximum absolute atomic E-state index is 12.6. The molecule has 0 aliphatic carbocycles. The number of nitrogens with one attached hydrogen (secondary N) is 1. The van der Waals surface area contributed by atoms with Gasteiger partial charge in [-0.25, -0.2) is 15.0 Å². The molecule has 0 saturated carbocycles. The number of carbonyl (C=O) groups excluding carboxylic acids is 3. The highest BCUT2D eigenvalue weighted by Gasteiger charge is 2.53. The van der Waals surface area contributed by atoms with Crippen LogP contribution in [0.2, 0.25) is 0 Å². The van der Waals surface area contributed by atoms with Gasteiger partial charge in [-0.1, -0.05) is 13.8 Å². The Bertz CT molecular complexity index is 1170. The SMILES string of the molecule is CC(=O)O[C@@H]1[C@H](OC(C)=O)[C@@H](C(C)OC(=O)[C@@H](N)C(C)C)O[C@H]1n1cnc2c(N[C@@H]3CCOC3)ncnc21. The second-order valence-electron chi connectivity index (χ2n) is 9.80. The fourth-order valence-electron chi connectivity index (χ4n) is 4.50. The molecule has 2 fully saturated rings. The molecule has 4 heterocycles. The maximum Gasteiger partial charge on any atom is 0.323 e. The third kappa shape index (κ3) is 5.87. The van der Waals surface area contributed by atoms with Crippen LogP contribution in [0.15, 0.2) is 12.7 Å². The van der Waals surface area contributed by atoms with Crippen LogP contribution >= 0.6 is 0 Å². The van der Waals surface area contributed by atoms with Crippen molar-refractivity contribution in [1.29, 1.82) is 0 Å². The molecular formula is C24H34N6O8. The van der Waals surface area contributed by atoms with Crippen LogP contribution < -0.4 is 11.1 Å². The van der Waals surface area contributed by atoms with Crippen molar-refractivity contribution in [2.45, 2.75) is 83.8 Å². The highest BCUT2D eigenvalue weighted by Crippen LogP contribution is 2.38. The first-order valence-corrected chi connectivity index (χ1v) is 12.5. The van der Waals surface area contributed by atoms with Gasteiger partial charge < -0.3 is 34.7 Å². The molecular weight excluding hydrogens is 500 g/mol.